The molecule has 2 N–H and O–H groups in total. The summed E-state index contributed by atoms with van der Waals surface area (Å²) in [5.41, 5.74) is 6.79. The van der Waals surface area contributed by atoms with Crippen LogP contribution in [0.3, 0.4) is 0 Å². The van der Waals surface area contributed by atoms with Crippen LogP contribution in [-0.4, -0.2) is 19.2 Å². The number of hydrogen-bond acceptors (Lipinski definition) is 4. The van der Waals surface area contributed by atoms with Crippen LogP contribution in [0, 0.1) is 5.41 Å². The Morgan fingerprint density at radius 3 is 2.58 bits per heavy atom. The summed E-state index contributed by atoms with van der Waals surface area (Å²) in [7, 11) is 0. The van der Waals surface area contributed by atoms with Crippen LogP contribution in [-0.2, 0) is 4.74 Å². The predicted octanol–water partition coefficient (Wildman–Crippen LogP) is 3.26. The third kappa shape index (κ3) is 5.20. The van der Waals surface area contributed by atoms with Crippen LogP contribution in [0.5, 0.6) is 5.75 Å². The Hall–Kier alpha value is -1.71. The molecule has 0 bridgehead atoms. The maximum absolute atomic E-state index is 11.8. The van der Waals surface area contributed by atoms with Crippen molar-refractivity contribution in [3.8, 4) is 5.75 Å². The first-order valence-electron chi connectivity index (χ1n) is 6.53. The van der Waals surface area contributed by atoms with Gasteiger partial charge in [0.1, 0.15) is 11.3 Å². The molecule has 1 rings (SSSR count). The summed E-state index contributed by atoms with van der Waals surface area (Å²) in [4.78, 5) is 11.8. The molecule has 0 radical (unpaired) electrons. The molecule has 0 heterocycles. The van der Waals surface area contributed by atoms with Gasteiger partial charge in [0.2, 0.25) is 0 Å². The fourth-order valence-corrected chi connectivity index (χ4v) is 1.51. The van der Waals surface area contributed by atoms with Gasteiger partial charge < -0.3 is 15.2 Å². The van der Waals surface area contributed by atoms with Crippen molar-refractivity contribution in [3.05, 3.63) is 23.8 Å². The first-order chi connectivity index (χ1) is 8.83. The first-order valence-corrected chi connectivity index (χ1v) is 6.53. The van der Waals surface area contributed by atoms with Gasteiger partial charge in [-0.3, -0.25) is 0 Å². The van der Waals surface area contributed by atoms with Gasteiger partial charge in [0.25, 0.3) is 0 Å². The molecule has 19 heavy (non-hydrogen) atoms. The van der Waals surface area contributed by atoms with Crippen molar-refractivity contribution < 1.29 is 14.3 Å². The lowest BCUT2D eigenvalue weighted by Crippen LogP contribution is -2.13. The summed E-state index contributed by atoms with van der Waals surface area (Å²) < 4.78 is 10.7. The Morgan fingerprint density at radius 2 is 2.00 bits per heavy atom. The third-order valence-corrected chi connectivity index (χ3v) is 2.61. The molecule has 0 aliphatic carbocycles. The highest BCUT2D eigenvalue weighted by Gasteiger charge is 2.16. The van der Waals surface area contributed by atoms with Gasteiger partial charge in [-0.1, -0.05) is 20.8 Å². The zero-order valence-corrected chi connectivity index (χ0v) is 12.2. The van der Waals surface area contributed by atoms with E-state index < -0.39 is 5.97 Å². The molecule has 0 spiro atoms. The van der Waals surface area contributed by atoms with Crippen LogP contribution in [0.2, 0.25) is 0 Å². The minimum absolute atomic E-state index is 0.192. The summed E-state index contributed by atoms with van der Waals surface area (Å²) in [6.07, 6.45) is 0.902. The van der Waals surface area contributed by atoms with Crippen molar-refractivity contribution in [2.45, 2.75) is 34.1 Å². The number of nitrogen functional groups attached to an aromatic ring is 1. The van der Waals surface area contributed by atoms with E-state index in [-0.39, 0.29) is 5.41 Å². The molecule has 1 aromatic carbocycles. The molecule has 0 aliphatic heterocycles. The molecule has 0 atom stereocenters. The summed E-state index contributed by atoms with van der Waals surface area (Å²) >= 11 is 0. The predicted molar refractivity (Wildman–Crippen MR) is 76.4 cm³/mol. The van der Waals surface area contributed by atoms with E-state index in [1.807, 2.05) is 0 Å². The lowest BCUT2D eigenvalue weighted by molar-refractivity contribution is 0.0521. The van der Waals surface area contributed by atoms with Gasteiger partial charge in [-0.25, -0.2) is 4.79 Å². The molecule has 0 aromatic heterocycles. The number of ether oxygens (including phenoxy) is 2. The van der Waals surface area contributed by atoms with Crippen molar-refractivity contribution >= 4 is 11.7 Å². The molecular weight excluding hydrogens is 242 g/mol. The molecule has 0 saturated heterocycles. The number of rotatable bonds is 5. The average molecular weight is 265 g/mol. The lowest BCUT2D eigenvalue weighted by atomic mass is 9.93. The normalized spacial score (nSPS) is 11.2. The van der Waals surface area contributed by atoms with Gasteiger partial charge in [0, 0.05) is 5.69 Å². The van der Waals surface area contributed by atoms with Crippen LogP contribution >= 0.6 is 0 Å². The third-order valence-electron chi connectivity index (χ3n) is 2.61. The fraction of sp³-hybridized carbons (Fsp3) is 0.533. The first kappa shape index (κ1) is 15.3. The molecule has 106 valence electrons. The van der Waals surface area contributed by atoms with Gasteiger partial charge in [-0.2, -0.15) is 0 Å². The minimum Gasteiger partial charge on any atom is -0.493 e. The Bertz CT molecular complexity index is 436. The second kappa shape index (κ2) is 6.45. The van der Waals surface area contributed by atoms with E-state index in [0.29, 0.717) is 30.2 Å². The summed E-state index contributed by atoms with van der Waals surface area (Å²) in [6.45, 7) is 9.09. The molecule has 0 aliphatic rings. The standard InChI is InChI=1S/C15H23NO3/c1-5-18-14(17)12-10-11(16)6-7-13(12)19-9-8-15(2,3)4/h6-7,10H,5,8-9,16H2,1-4H3. The zero-order chi connectivity index (χ0) is 14.5. The van der Waals surface area contributed by atoms with Crippen molar-refractivity contribution in [2.24, 2.45) is 5.41 Å². The van der Waals surface area contributed by atoms with E-state index in [0.717, 1.165) is 6.42 Å². The second-order valence-corrected chi connectivity index (χ2v) is 5.64. The molecule has 0 unspecified atom stereocenters. The number of anilines is 1. The van der Waals surface area contributed by atoms with Crippen molar-refractivity contribution in [2.75, 3.05) is 18.9 Å². The molecule has 1 aromatic rings. The molecule has 4 nitrogen and oxygen atoms in total. The van der Waals surface area contributed by atoms with Crippen LogP contribution in [0.1, 0.15) is 44.5 Å². The number of carbonyl (C=O) groups is 1. The van der Waals surface area contributed by atoms with E-state index in [2.05, 4.69) is 20.8 Å². The maximum atomic E-state index is 11.8. The molecule has 0 amide bonds. The van der Waals surface area contributed by atoms with Crippen LogP contribution in [0.25, 0.3) is 0 Å². The van der Waals surface area contributed by atoms with Crippen molar-refractivity contribution in [1.82, 2.24) is 0 Å². The molecular formula is C15H23NO3. The summed E-state index contributed by atoms with van der Waals surface area (Å²) in [5.74, 6) is 0.123. The second-order valence-electron chi connectivity index (χ2n) is 5.64. The van der Waals surface area contributed by atoms with E-state index in [1.165, 1.54) is 0 Å². The van der Waals surface area contributed by atoms with Gasteiger partial charge in [0.05, 0.1) is 13.2 Å². The SMILES string of the molecule is CCOC(=O)c1cc(N)ccc1OCCC(C)(C)C. The van der Waals surface area contributed by atoms with E-state index in [1.54, 1.807) is 25.1 Å². The average Bonchev–Trinajstić information content (AvgIpc) is 2.29. The number of carbonyl (C=O) groups excluding carboxylic acids is 1. The van der Waals surface area contributed by atoms with Crippen LogP contribution in [0.15, 0.2) is 18.2 Å². The lowest BCUT2D eigenvalue weighted by Gasteiger charge is -2.19. The highest BCUT2D eigenvalue weighted by molar-refractivity contribution is 5.93. The highest BCUT2D eigenvalue weighted by atomic mass is 16.5. The number of esters is 1. The Kier molecular flexibility index (Phi) is 5.21. The zero-order valence-electron chi connectivity index (χ0n) is 12.2. The molecule has 0 saturated carbocycles. The maximum Gasteiger partial charge on any atom is 0.341 e. The topological polar surface area (TPSA) is 61.5 Å². The van der Waals surface area contributed by atoms with E-state index >= 15 is 0 Å². The van der Waals surface area contributed by atoms with Gasteiger partial charge in [-0.15, -0.1) is 0 Å². The fourth-order valence-electron chi connectivity index (χ4n) is 1.51. The van der Waals surface area contributed by atoms with Crippen LogP contribution < -0.4 is 10.5 Å². The number of hydrogen-bond donors (Lipinski definition) is 1. The summed E-state index contributed by atoms with van der Waals surface area (Å²) in [5, 5.41) is 0. The molecule has 4 heteroatoms. The monoisotopic (exact) mass is 265 g/mol. The summed E-state index contributed by atoms with van der Waals surface area (Å²) in [6, 6.07) is 5.02. The molecule has 0 fully saturated rings. The van der Waals surface area contributed by atoms with Gasteiger partial charge in [0.15, 0.2) is 0 Å². The van der Waals surface area contributed by atoms with Gasteiger partial charge >= 0.3 is 5.97 Å². The smallest absolute Gasteiger partial charge is 0.341 e. The van der Waals surface area contributed by atoms with Crippen molar-refractivity contribution in [3.63, 3.8) is 0 Å². The Labute approximate surface area is 114 Å². The largest absolute Gasteiger partial charge is 0.493 e. The minimum atomic E-state index is -0.402. The van der Waals surface area contributed by atoms with E-state index in [9.17, 15) is 4.79 Å². The highest BCUT2D eigenvalue weighted by Crippen LogP contribution is 2.24. The Morgan fingerprint density at radius 1 is 1.32 bits per heavy atom. The van der Waals surface area contributed by atoms with Crippen molar-refractivity contribution in [1.29, 1.82) is 0 Å². The number of benzene rings is 1. The Balaban J connectivity index is 2.79. The van der Waals surface area contributed by atoms with Crippen LogP contribution in [0.4, 0.5) is 5.69 Å². The quantitative estimate of drug-likeness (QED) is 0.655. The van der Waals surface area contributed by atoms with E-state index in [4.69, 9.17) is 15.2 Å². The van der Waals surface area contributed by atoms with Gasteiger partial charge in [-0.05, 0) is 37.0 Å². The number of nitrogens with two attached hydrogens (primary N) is 1.